The normalized spacial score (nSPS) is 12.1. The molecule has 0 heterocycles. The van der Waals surface area contributed by atoms with Gasteiger partial charge in [0.1, 0.15) is 0 Å². The van der Waals surface area contributed by atoms with Crippen LogP contribution in [0.15, 0.2) is 24.3 Å². The summed E-state index contributed by atoms with van der Waals surface area (Å²) in [5, 5.41) is 0.107. The van der Waals surface area contributed by atoms with Crippen molar-refractivity contribution < 1.29 is 18.8 Å². The lowest BCUT2D eigenvalue weighted by atomic mass is 10.0. The van der Waals surface area contributed by atoms with Gasteiger partial charge in [0.2, 0.25) is 0 Å². The van der Waals surface area contributed by atoms with Crippen molar-refractivity contribution in [2.24, 2.45) is 0 Å². The molecule has 4 nitrogen and oxygen atoms in total. The predicted molar refractivity (Wildman–Crippen MR) is 98.6 cm³/mol. The number of methoxy groups -OCH3 is 1. The molecule has 0 unspecified atom stereocenters. The number of hydrogen-bond acceptors (Lipinski definition) is 4. The SMILES string of the molecule is COC(=O)Cc1cccc(CCC(=O)CO[Si](C)(C)C(C)(C)C)c1. The monoisotopic (exact) mass is 350 g/mol. The first kappa shape index (κ1) is 20.6. The Balaban J connectivity index is 2.50. The smallest absolute Gasteiger partial charge is 0.309 e. The van der Waals surface area contributed by atoms with Gasteiger partial charge in [-0.05, 0) is 35.7 Å². The van der Waals surface area contributed by atoms with Crippen LogP contribution in [-0.4, -0.2) is 33.8 Å². The summed E-state index contributed by atoms with van der Waals surface area (Å²) in [6, 6.07) is 7.73. The molecule has 0 atom stereocenters. The maximum absolute atomic E-state index is 12.1. The molecule has 0 saturated heterocycles. The number of Topliss-reactive ketones (excluding diaryl/α,β-unsaturated/α-hetero) is 1. The van der Waals surface area contributed by atoms with Crippen molar-refractivity contribution in [1.29, 1.82) is 0 Å². The van der Waals surface area contributed by atoms with E-state index in [9.17, 15) is 9.59 Å². The second kappa shape index (κ2) is 8.58. The molecule has 24 heavy (non-hydrogen) atoms. The highest BCUT2D eigenvalue weighted by Gasteiger charge is 2.37. The number of aryl methyl sites for hydroxylation is 1. The van der Waals surface area contributed by atoms with Gasteiger partial charge in [0.25, 0.3) is 0 Å². The van der Waals surface area contributed by atoms with Crippen LogP contribution in [0, 0.1) is 0 Å². The summed E-state index contributed by atoms with van der Waals surface area (Å²) < 4.78 is 10.6. The van der Waals surface area contributed by atoms with E-state index in [2.05, 4.69) is 38.6 Å². The lowest BCUT2D eigenvalue weighted by Crippen LogP contribution is -2.42. The van der Waals surface area contributed by atoms with Crippen LogP contribution in [0.2, 0.25) is 18.1 Å². The number of ether oxygens (including phenoxy) is 1. The van der Waals surface area contributed by atoms with Crippen molar-refractivity contribution in [2.75, 3.05) is 13.7 Å². The van der Waals surface area contributed by atoms with E-state index in [1.807, 2.05) is 24.3 Å². The maximum Gasteiger partial charge on any atom is 0.309 e. The van der Waals surface area contributed by atoms with Crippen LogP contribution in [0.1, 0.15) is 38.3 Å². The Morgan fingerprint density at radius 3 is 2.33 bits per heavy atom. The van der Waals surface area contributed by atoms with Gasteiger partial charge >= 0.3 is 5.97 Å². The molecule has 0 radical (unpaired) electrons. The van der Waals surface area contributed by atoms with Crippen LogP contribution in [0.25, 0.3) is 0 Å². The van der Waals surface area contributed by atoms with Crippen molar-refractivity contribution in [3.05, 3.63) is 35.4 Å². The third-order valence-corrected chi connectivity index (χ3v) is 9.14. The topological polar surface area (TPSA) is 52.6 Å². The lowest BCUT2D eigenvalue weighted by molar-refractivity contribution is -0.139. The molecule has 0 N–H and O–H groups in total. The van der Waals surface area contributed by atoms with Crippen molar-refractivity contribution >= 4 is 20.1 Å². The van der Waals surface area contributed by atoms with Gasteiger partial charge < -0.3 is 9.16 Å². The van der Waals surface area contributed by atoms with E-state index in [0.717, 1.165) is 11.1 Å². The Hall–Kier alpha value is -1.46. The van der Waals surface area contributed by atoms with Crippen LogP contribution in [-0.2, 0) is 31.6 Å². The summed E-state index contributed by atoms with van der Waals surface area (Å²) in [7, 11) is -0.498. The van der Waals surface area contributed by atoms with Gasteiger partial charge in [-0.15, -0.1) is 0 Å². The highest BCUT2D eigenvalue weighted by molar-refractivity contribution is 6.74. The molecule has 0 spiro atoms. The fourth-order valence-electron chi connectivity index (χ4n) is 1.97. The molecule has 1 rings (SSSR count). The van der Waals surface area contributed by atoms with Crippen LogP contribution in [0.4, 0.5) is 0 Å². The minimum absolute atomic E-state index is 0.107. The van der Waals surface area contributed by atoms with Gasteiger partial charge in [-0.2, -0.15) is 0 Å². The average molecular weight is 351 g/mol. The molecular formula is C19H30O4Si. The zero-order chi connectivity index (χ0) is 18.4. The van der Waals surface area contributed by atoms with E-state index in [1.54, 1.807) is 0 Å². The Morgan fingerprint density at radius 1 is 1.12 bits per heavy atom. The minimum atomic E-state index is -1.88. The van der Waals surface area contributed by atoms with E-state index in [-0.39, 0.29) is 29.8 Å². The zero-order valence-corrected chi connectivity index (χ0v) is 16.8. The maximum atomic E-state index is 12.1. The van der Waals surface area contributed by atoms with Crippen molar-refractivity contribution in [1.82, 2.24) is 0 Å². The van der Waals surface area contributed by atoms with Gasteiger partial charge in [0.05, 0.1) is 20.1 Å². The highest BCUT2D eigenvalue weighted by atomic mass is 28.4. The summed E-state index contributed by atoms with van der Waals surface area (Å²) in [6.45, 7) is 11.0. The average Bonchev–Trinajstić information content (AvgIpc) is 2.50. The van der Waals surface area contributed by atoms with Crippen molar-refractivity contribution in [3.8, 4) is 0 Å². The molecule has 5 heteroatoms. The Bertz CT molecular complexity index is 573. The van der Waals surface area contributed by atoms with Crippen molar-refractivity contribution in [3.63, 3.8) is 0 Å². The van der Waals surface area contributed by atoms with Crippen LogP contribution in [0.3, 0.4) is 0 Å². The number of ketones is 1. The van der Waals surface area contributed by atoms with Gasteiger partial charge in [-0.1, -0.05) is 45.0 Å². The number of carbonyl (C=O) groups is 2. The summed E-state index contributed by atoms with van der Waals surface area (Å²) in [5.41, 5.74) is 1.96. The molecular weight excluding hydrogens is 320 g/mol. The van der Waals surface area contributed by atoms with E-state index in [1.165, 1.54) is 7.11 Å². The summed E-state index contributed by atoms with van der Waals surface area (Å²) in [6.07, 6.45) is 1.37. The quantitative estimate of drug-likeness (QED) is 0.526. The van der Waals surface area contributed by atoms with Crippen LogP contribution in [0.5, 0.6) is 0 Å². The van der Waals surface area contributed by atoms with E-state index in [4.69, 9.17) is 4.43 Å². The summed E-state index contributed by atoms with van der Waals surface area (Å²) >= 11 is 0. The number of esters is 1. The standard InChI is InChI=1S/C19H30O4Si/c1-19(2,3)24(5,6)23-14-17(20)11-10-15-8-7-9-16(12-15)13-18(21)22-4/h7-9,12H,10-11,13-14H2,1-6H3. The van der Waals surface area contributed by atoms with Gasteiger partial charge in [0.15, 0.2) is 14.1 Å². The molecule has 1 aromatic carbocycles. The van der Waals surface area contributed by atoms with Gasteiger partial charge in [0, 0.05) is 6.42 Å². The lowest BCUT2D eigenvalue weighted by Gasteiger charge is -2.35. The molecule has 134 valence electrons. The first-order valence-corrected chi connectivity index (χ1v) is 11.3. The van der Waals surface area contributed by atoms with Crippen molar-refractivity contribution in [2.45, 2.75) is 58.2 Å². The second-order valence-corrected chi connectivity index (χ2v) is 12.5. The fraction of sp³-hybridized carbons (Fsp3) is 0.579. The first-order valence-electron chi connectivity index (χ1n) is 8.35. The van der Waals surface area contributed by atoms with Gasteiger partial charge in [-0.25, -0.2) is 0 Å². The number of benzene rings is 1. The van der Waals surface area contributed by atoms with E-state index < -0.39 is 8.32 Å². The molecule has 0 aliphatic rings. The molecule has 0 saturated carbocycles. The largest absolute Gasteiger partial charge is 0.469 e. The molecule has 0 bridgehead atoms. The third kappa shape index (κ3) is 6.57. The summed E-state index contributed by atoms with van der Waals surface area (Å²) in [5.74, 6) is -0.135. The molecule has 0 aliphatic carbocycles. The minimum Gasteiger partial charge on any atom is -0.469 e. The molecule has 0 amide bonds. The van der Waals surface area contributed by atoms with Crippen LogP contribution >= 0.6 is 0 Å². The van der Waals surface area contributed by atoms with E-state index in [0.29, 0.717) is 12.8 Å². The second-order valence-electron chi connectivity index (χ2n) is 7.66. The first-order chi connectivity index (χ1) is 11.0. The predicted octanol–water partition coefficient (Wildman–Crippen LogP) is 3.93. The molecule has 0 aromatic heterocycles. The van der Waals surface area contributed by atoms with Crippen LogP contribution < -0.4 is 0 Å². The molecule has 0 aliphatic heterocycles. The number of rotatable bonds is 8. The third-order valence-electron chi connectivity index (χ3n) is 4.66. The summed E-state index contributed by atoms with van der Waals surface area (Å²) in [4.78, 5) is 23.5. The number of carbonyl (C=O) groups excluding carboxylic acids is 2. The van der Waals surface area contributed by atoms with E-state index >= 15 is 0 Å². The Labute approximate surface area is 146 Å². The number of hydrogen-bond donors (Lipinski definition) is 0. The Morgan fingerprint density at radius 2 is 1.75 bits per heavy atom. The zero-order valence-electron chi connectivity index (χ0n) is 15.8. The fourth-order valence-corrected chi connectivity index (χ4v) is 2.92. The molecule has 0 fully saturated rings. The van der Waals surface area contributed by atoms with Gasteiger partial charge in [-0.3, -0.25) is 9.59 Å². The Kier molecular flexibility index (Phi) is 7.36. The molecule has 1 aromatic rings. The highest BCUT2D eigenvalue weighted by Crippen LogP contribution is 2.36.